The van der Waals surface area contributed by atoms with Crippen molar-refractivity contribution in [2.75, 3.05) is 30.2 Å². The molecule has 15 heavy (non-hydrogen) atoms. The van der Waals surface area contributed by atoms with E-state index in [4.69, 9.17) is 11.6 Å². The molecule has 0 radical (unpaired) electrons. The number of hydrogen-bond donors (Lipinski definition) is 1. The minimum atomic E-state index is -3.29. The van der Waals surface area contributed by atoms with Crippen LogP contribution in [0.25, 0.3) is 0 Å². The first kappa shape index (κ1) is 15.2. The topological polar surface area (TPSA) is 80.3 Å². The Hall–Kier alpha value is 0.150. The molecule has 0 aliphatic rings. The van der Waals surface area contributed by atoms with Gasteiger partial charge in [0.15, 0.2) is 0 Å². The highest BCUT2D eigenvalue weighted by atomic mass is 35.5. The van der Waals surface area contributed by atoms with Gasteiger partial charge in [-0.3, -0.25) is 0 Å². The Balaban J connectivity index is 3.76. The zero-order valence-electron chi connectivity index (χ0n) is 8.57. The first-order chi connectivity index (χ1) is 6.77. The van der Waals surface area contributed by atoms with Crippen molar-refractivity contribution in [2.24, 2.45) is 0 Å². The molecule has 0 aromatic rings. The largest absolute Gasteiger partial charge is 0.229 e. The second-order valence-corrected chi connectivity index (χ2v) is 7.80. The molecule has 5 nitrogen and oxygen atoms in total. The highest BCUT2D eigenvalue weighted by molar-refractivity contribution is 7.90. The van der Waals surface area contributed by atoms with Crippen LogP contribution in [0.2, 0.25) is 0 Å². The number of nitrogens with one attached hydrogen (secondary N) is 1. The van der Waals surface area contributed by atoms with Gasteiger partial charge in [-0.1, -0.05) is 0 Å². The van der Waals surface area contributed by atoms with Crippen LogP contribution >= 0.6 is 11.6 Å². The van der Waals surface area contributed by atoms with Crippen LogP contribution in [-0.4, -0.2) is 47.0 Å². The molecule has 0 aliphatic carbocycles. The van der Waals surface area contributed by atoms with Crippen molar-refractivity contribution in [3.63, 3.8) is 0 Å². The van der Waals surface area contributed by atoms with E-state index in [1.165, 1.54) is 0 Å². The van der Waals surface area contributed by atoms with Crippen LogP contribution in [0.15, 0.2) is 0 Å². The fourth-order valence-corrected chi connectivity index (χ4v) is 2.96. The maximum absolute atomic E-state index is 11.2. The molecule has 0 fully saturated rings. The highest BCUT2D eigenvalue weighted by Crippen LogP contribution is 1.93. The fourth-order valence-electron chi connectivity index (χ4n) is 0.879. The summed E-state index contributed by atoms with van der Waals surface area (Å²) in [5.74, 6) is 0.269. The summed E-state index contributed by atoms with van der Waals surface area (Å²) >= 11 is 5.36. The molecule has 0 aromatic carbocycles. The maximum Gasteiger partial charge on any atom is 0.211 e. The lowest BCUT2D eigenvalue weighted by atomic mass is 10.5. The molecule has 0 rings (SSSR count). The van der Waals surface area contributed by atoms with E-state index in [0.717, 1.165) is 6.26 Å². The zero-order valence-corrected chi connectivity index (χ0v) is 11.0. The summed E-state index contributed by atoms with van der Waals surface area (Å²) in [6.45, 7) is 0.150. The average Bonchev–Trinajstić information content (AvgIpc) is 2.08. The van der Waals surface area contributed by atoms with Crippen molar-refractivity contribution in [3.05, 3.63) is 0 Å². The van der Waals surface area contributed by atoms with Crippen molar-refractivity contribution < 1.29 is 16.8 Å². The summed E-state index contributed by atoms with van der Waals surface area (Å²) in [7, 11) is -6.31. The molecule has 0 saturated heterocycles. The molecule has 92 valence electrons. The molecule has 0 heterocycles. The van der Waals surface area contributed by atoms with Crippen LogP contribution < -0.4 is 4.72 Å². The fraction of sp³-hybridized carbons (Fsp3) is 1.00. The first-order valence-electron chi connectivity index (χ1n) is 4.48. The molecule has 1 N–H and O–H groups in total. The van der Waals surface area contributed by atoms with Gasteiger partial charge in [-0.05, 0) is 12.8 Å². The standard InChI is InChI=1S/C7H16ClNO4S2/c1-14(10,11)6-3-5-9-15(12,13)7-2-4-8/h9H,2-7H2,1H3. The molecule has 0 aliphatic heterocycles. The number of sulfone groups is 1. The van der Waals surface area contributed by atoms with E-state index in [9.17, 15) is 16.8 Å². The van der Waals surface area contributed by atoms with Crippen molar-refractivity contribution in [1.29, 1.82) is 0 Å². The van der Waals surface area contributed by atoms with Gasteiger partial charge in [0.25, 0.3) is 0 Å². The second kappa shape index (κ2) is 6.67. The molecule has 0 amide bonds. The lowest BCUT2D eigenvalue weighted by molar-refractivity contribution is 0.576. The van der Waals surface area contributed by atoms with E-state index in [1.54, 1.807) is 0 Å². The Morgan fingerprint density at radius 3 is 2.13 bits per heavy atom. The Morgan fingerprint density at radius 1 is 1.07 bits per heavy atom. The maximum atomic E-state index is 11.2. The van der Waals surface area contributed by atoms with Crippen LogP contribution in [0.5, 0.6) is 0 Å². The summed E-state index contributed by atoms with van der Waals surface area (Å²) < 4.78 is 46.2. The van der Waals surface area contributed by atoms with Gasteiger partial charge in [0.05, 0.1) is 11.5 Å². The molecular weight excluding hydrogens is 262 g/mol. The summed E-state index contributed by atoms with van der Waals surface area (Å²) in [6.07, 6.45) is 1.80. The monoisotopic (exact) mass is 277 g/mol. The van der Waals surface area contributed by atoms with Crippen molar-refractivity contribution in [1.82, 2.24) is 4.72 Å². The number of halogens is 1. The number of hydrogen-bond acceptors (Lipinski definition) is 4. The van der Waals surface area contributed by atoms with E-state index in [-0.39, 0.29) is 18.1 Å². The molecule has 0 aromatic heterocycles. The molecule has 0 saturated carbocycles. The van der Waals surface area contributed by atoms with Crippen LogP contribution in [0.1, 0.15) is 12.8 Å². The Kier molecular flexibility index (Phi) is 6.74. The molecule has 0 unspecified atom stereocenters. The molecular formula is C7H16ClNO4S2. The van der Waals surface area contributed by atoms with E-state index in [1.807, 2.05) is 0 Å². The van der Waals surface area contributed by atoms with Gasteiger partial charge in [-0.2, -0.15) is 0 Å². The smallest absolute Gasteiger partial charge is 0.211 e. The predicted octanol–water partition coefficient (Wildman–Crippen LogP) is -0.0306. The Bertz CT molecular complexity index is 362. The third kappa shape index (κ3) is 10.4. The van der Waals surface area contributed by atoms with Crippen LogP contribution in [-0.2, 0) is 19.9 Å². The summed E-state index contributed by atoms with van der Waals surface area (Å²) in [6, 6.07) is 0. The average molecular weight is 278 g/mol. The van der Waals surface area contributed by atoms with E-state index in [2.05, 4.69) is 4.72 Å². The Labute approximate surface area is 96.2 Å². The van der Waals surface area contributed by atoms with Gasteiger partial charge in [0.2, 0.25) is 10.0 Å². The Morgan fingerprint density at radius 2 is 1.67 bits per heavy atom. The minimum absolute atomic E-state index is 0.00890. The number of sulfonamides is 1. The molecule has 0 bridgehead atoms. The van der Waals surface area contributed by atoms with Crippen molar-refractivity contribution >= 4 is 31.5 Å². The lowest BCUT2D eigenvalue weighted by Gasteiger charge is -2.04. The van der Waals surface area contributed by atoms with E-state index >= 15 is 0 Å². The lowest BCUT2D eigenvalue weighted by Crippen LogP contribution is -2.28. The first-order valence-corrected chi connectivity index (χ1v) is 8.72. The summed E-state index contributed by atoms with van der Waals surface area (Å²) in [5.41, 5.74) is 0. The predicted molar refractivity (Wildman–Crippen MR) is 61.5 cm³/mol. The van der Waals surface area contributed by atoms with E-state index in [0.29, 0.717) is 18.7 Å². The van der Waals surface area contributed by atoms with Crippen molar-refractivity contribution in [2.45, 2.75) is 12.8 Å². The summed E-state index contributed by atoms with van der Waals surface area (Å²) in [4.78, 5) is 0. The summed E-state index contributed by atoms with van der Waals surface area (Å²) in [5, 5.41) is 0. The quantitative estimate of drug-likeness (QED) is 0.499. The van der Waals surface area contributed by atoms with Crippen LogP contribution in [0.4, 0.5) is 0 Å². The highest BCUT2D eigenvalue weighted by Gasteiger charge is 2.09. The van der Waals surface area contributed by atoms with Crippen molar-refractivity contribution in [3.8, 4) is 0 Å². The van der Waals surface area contributed by atoms with Gasteiger partial charge in [-0.25, -0.2) is 21.6 Å². The molecule has 0 spiro atoms. The third-order valence-electron chi connectivity index (χ3n) is 1.56. The van der Waals surface area contributed by atoms with Crippen LogP contribution in [0.3, 0.4) is 0 Å². The second-order valence-electron chi connectivity index (χ2n) is 3.24. The SMILES string of the molecule is CS(=O)(=O)CCCNS(=O)(=O)CCCCl. The molecule has 8 heteroatoms. The molecule has 0 atom stereocenters. The minimum Gasteiger partial charge on any atom is -0.229 e. The van der Waals surface area contributed by atoms with Crippen LogP contribution in [0, 0.1) is 0 Å². The van der Waals surface area contributed by atoms with Gasteiger partial charge < -0.3 is 0 Å². The zero-order chi connectivity index (χ0) is 11.9. The number of alkyl halides is 1. The number of rotatable bonds is 8. The van der Waals surface area contributed by atoms with Gasteiger partial charge in [0.1, 0.15) is 9.84 Å². The van der Waals surface area contributed by atoms with Gasteiger partial charge in [0, 0.05) is 18.7 Å². The third-order valence-corrected chi connectivity index (χ3v) is 4.33. The normalized spacial score (nSPS) is 12.9. The van der Waals surface area contributed by atoms with E-state index < -0.39 is 19.9 Å². The van der Waals surface area contributed by atoms with Gasteiger partial charge in [-0.15, -0.1) is 11.6 Å². The van der Waals surface area contributed by atoms with Gasteiger partial charge >= 0.3 is 0 Å².